The van der Waals surface area contributed by atoms with E-state index >= 15 is 0 Å². The predicted octanol–water partition coefficient (Wildman–Crippen LogP) is 2.89. The zero-order valence-corrected chi connectivity index (χ0v) is 15.8. The summed E-state index contributed by atoms with van der Waals surface area (Å²) in [6, 6.07) is 10.5. The topological polar surface area (TPSA) is 179 Å². The molecule has 12 nitrogen and oxygen atoms in total. The summed E-state index contributed by atoms with van der Waals surface area (Å²) in [7, 11) is 0. The Morgan fingerprint density at radius 1 is 0.733 bits per heavy atom. The second-order valence-electron chi connectivity index (χ2n) is 5.70. The van der Waals surface area contributed by atoms with Gasteiger partial charge in [-0.3, -0.25) is 20.2 Å². The fourth-order valence-electron chi connectivity index (χ4n) is 1.80. The minimum Gasteiger partial charge on any atom is -0.479 e. The minimum absolute atomic E-state index is 0.0645. The van der Waals surface area contributed by atoms with E-state index in [0.717, 1.165) is 0 Å². The number of benzene rings is 2. The van der Waals surface area contributed by atoms with Crippen LogP contribution in [0.2, 0.25) is 0 Å². The van der Waals surface area contributed by atoms with Gasteiger partial charge in [-0.15, -0.1) is 0 Å². The van der Waals surface area contributed by atoms with Crippen LogP contribution in [-0.4, -0.2) is 44.2 Å². The first-order valence-corrected chi connectivity index (χ1v) is 8.29. The molecule has 160 valence electrons. The van der Waals surface area contributed by atoms with Gasteiger partial charge in [0.25, 0.3) is 11.4 Å². The van der Waals surface area contributed by atoms with E-state index in [4.69, 9.17) is 19.7 Å². The molecule has 2 N–H and O–H groups in total. The molecular formula is C18H18N2O10. The summed E-state index contributed by atoms with van der Waals surface area (Å²) < 4.78 is 9.98. The van der Waals surface area contributed by atoms with Crippen molar-refractivity contribution in [3.63, 3.8) is 0 Å². The van der Waals surface area contributed by atoms with E-state index in [1.165, 1.54) is 62.4 Å². The highest BCUT2D eigenvalue weighted by Crippen LogP contribution is 2.19. The molecule has 30 heavy (non-hydrogen) atoms. The third kappa shape index (κ3) is 7.80. The van der Waals surface area contributed by atoms with Gasteiger partial charge in [0.15, 0.2) is 12.2 Å². The monoisotopic (exact) mass is 422 g/mol. The highest BCUT2D eigenvalue weighted by molar-refractivity contribution is 5.72. The number of ether oxygens (including phenoxy) is 2. The molecule has 12 heteroatoms. The normalized spacial score (nSPS) is 11.8. The Kier molecular flexibility index (Phi) is 8.69. The lowest BCUT2D eigenvalue weighted by molar-refractivity contribution is -0.385. The number of non-ortho nitro benzene ring substituents is 2. The maximum Gasteiger partial charge on any atom is 0.344 e. The summed E-state index contributed by atoms with van der Waals surface area (Å²) in [6.45, 7) is 2.76. The van der Waals surface area contributed by atoms with Crippen LogP contribution in [0.15, 0.2) is 48.5 Å². The van der Waals surface area contributed by atoms with Gasteiger partial charge >= 0.3 is 11.9 Å². The standard InChI is InChI=1S/2C9H9NO5/c2*1-6(9(11)12)15-8-4-2-7(3-5-8)10(13)14/h2*2-6H,1H3,(H,11,12). The van der Waals surface area contributed by atoms with Crippen LogP contribution in [0.25, 0.3) is 0 Å². The minimum atomic E-state index is -1.09. The number of carboxylic acid groups (broad SMARTS) is 2. The Bertz CT molecular complexity index is 821. The number of carboxylic acids is 2. The van der Waals surface area contributed by atoms with Gasteiger partial charge in [0.1, 0.15) is 11.5 Å². The average molecular weight is 422 g/mol. The molecule has 0 aliphatic carbocycles. The summed E-state index contributed by atoms with van der Waals surface area (Å²) in [5.74, 6) is -1.60. The van der Waals surface area contributed by atoms with Crippen LogP contribution in [0.3, 0.4) is 0 Å². The Balaban J connectivity index is 0.000000300. The van der Waals surface area contributed by atoms with Gasteiger partial charge in [-0.25, -0.2) is 9.59 Å². The number of rotatable bonds is 8. The number of aliphatic carboxylic acids is 2. The highest BCUT2D eigenvalue weighted by Gasteiger charge is 2.14. The molecule has 0 spiro atoms. The number of hydrogen-bond donors (Lipinski definition) is 2. The Morgan fingerprint density at radius 2 is 1.00 bits per heavy atom. The second kappa shape index (κ2) is 10.9. The summed E-state index contributed by atoms with van der Waals surface area (Å²) in [6.07, 6.45) is -1.96. The van der Waals surface area contributed by atoms with Crippen molar-refractivity contribution in [1.29, 1.82) is 0 Å². The fourth-order valence-corrected chi connectivity index (χ4v) is 1.80. The third-order valence-electron chi connectivity index (χ3n) is 3.42. The Morgan fingerprint density at radius 3 is 1.20 bits per heavy atom. The van der Waals surface area contributed by atoms with Crippen molar-refractivity contribution >= 4 is 23.3 Å². The van der Waals surface area contributed by atoms with E-state index in [2.05, 4.69) is 0 Å². The van der Waals surface area contributed by atoms with Crippen molar-refractivity contribution in [2.75, 3.05) is 0 Å². The van der Waals surface area contributed by atoms with Crippen LogP contribution in [0.4, 0.5) is 11.4 Å². The molecule has 0 aliphatic rings. The summed E-state index contributed by atoms with van der Waals surface area (Å²) in [4.78, 5) is 40.4. The van der Waals surface area contributed by atoms with Crippen LogP contribution in [0, 0.1) is 20.2 Å². The van der Waals surface area contributed by atoms with Gasteiger partial charge in [-0.2, -0.15) is 0 Å². The van der Waals surface area contributed by atoms with E-state index in [1.807, 2.05) is 0 Å². The van der Waals surface area contributed by atoms with Crippen molar-refractivity contribution < 1.29 is 39.1 Å². The molecule has 0 aliphatic heterocycles. The number of nitrogens with zero attached hydrogens (tertiary/aromatic N) is 2. The van der Waals surface area contributed by atoms with Crippen LogP contribution < -0.4 is 9.47 Å². The maximum absolute atomic E-state index is 10.4. The van der Waals surface area contributed by atoms with E-state index < -0.39 is 34.0 Å². The predicted molar refractivity (Wildman–Crippen MR) is 102 cm³/mol. The van der Waals surface area contributed by atoms with Gasteiger partial charge < -0.3 is 19.7 Å². The molecule has 2 aromatic carbocycles. The van der Waals surface area contributed by atoms with E-state index in [-0.39, 0.29) is 22.9 Å². The quantitative estimate of drug-likeness (QED) is 0.474. The first-order chi connectivity index (χ1) is 14.0. The molecule has 2 atom stereocenters. The zero-order chi connectivity index (χ0) is 22.8. The third-order valence-corrected chi connectivity index (χ3v) is 3.42. The molecule has 0 radical (unpaired) electrons. The van der Waals surface area contributed by atoms with Gasteiger partial charge in [-0.05, 0) is 38.1 Å². The van der Waals surface area contributed by atoms with Crippen LogP contribution in [0.1, 0.15) is 13.8 Å². The number of nitro benzene ring substituents is 2. The zero-order valence-electron chi connectivity index (χ0n) is 15.8. The number of hydrogen-bond acceptors (Lipinski definition) is 8. The first kappa shape index (κ1) is 23.8. The molecule has 0 fully saturated rings. The van der Waals surface area contributed by atoms with E-state index in [1.54, 1.807) is 0 Å². The van der Waals surface area contributed by atoms with Crippen LogP contribution in [-0.2, 0) is 9.59 Å². The van der Waals surface area contributed by atoms with E-state index in [0.29, 0.717) is 0 Å². The van der Waals surface area contributed by atoms with Gasteiger partial charge in [-0.1, -0.05) is 0 Å². The van der Waals surface area contributed by atoms with Gasteiger partial charge in [0.05, 0.1) is 9.85 Å². The SMILES string of the molecule is CC(Oc1ccc([N+](=O)[O-])cc1)C(=O)O.CC(Oc1ccc([N+](=O)[O-])cc1)C(=O)O. The molecule has 2 unspecified atom stereocenters. The lowest BCUT2D eigenvalue weighted by atomic mass is 10.3. The summed E-state index contributed by atoms with van der Waals surface area (Å²) >= 11 is 0. The van der Waals surface area contributed by atoms with Crippen molar-refractivity contribution in [1.82, 2.24) is 0 Å². The smallest absolute Gasteiger partial charge is 0.344 e. The lowest BCUT2D eigenvalue weighted by Gasteiger charge is -2.09. The van der Waals surface area contributed by atoms with E-state index in [9.17, 15) is 29.8 Å². The van der Waals surface area contributed by atoms with Crippen molar-refractivity contribution in [3.8, 4) is 11.5 Å². The average Bonchev–Trinajstić information content (AvgIpc) is 2.69. The molecule has 0 saturated carbocycles. The van der Waals surface area contributed by atoms with Crippen LogP contribution >= 0.6 is 0 Å². The largest absolute Gasteiger partial charge is 0.479 e. The first-order valence-electron chi connectivity index (χ1n) is 8.29. The number of nitro groups is 2. The fraction of sp³-hybridized carbons (Fsp3) is 0.222. The Hall–Kier alpha value is -4.22. The molecule has 0 saturated heterocycles. The maximum atomic E-state index is 10.4. The highest BCUT2D eigenvalue weighted by atomic mass is 16.6. The van der Waals surface area contributed by atoms with Crippen LogP contribution in [0.5, 0.6) is 11.5 Å². The Labute approximate surface area is 169 Å². The summed E-state index contributed by atoms with van der Waals surface area (Å²) in [5.41, 5.74) is -0.129. The van der Waals surface area contributed by atoms with Gasteiger partial charge in [0.2, 0.25) is 0 Å². The molecule has 0 aromatic heterocycles. The molecular weight excluding hydrogens is 404 g/mol. The lowest BCUT2D eigenvalue weighted by Crippen LogP contribution is -2.22. The summed E-state index contributed by atoms with van der Waals surface area (Å²) in [5, 5.41) is 37.7. The second-order valence-corrected chi connectivity index (χ2v) is 5.70. The van der Waals surface area contributed by atoms with Crippen molar-refractivity contribution in [3.05, 3.63) is 68.8 Å². The molecule has 2 aromatic rings. The molecule has 2 rings (SSSR count). The van der Waals surface area contributed by atoms with Crippen molar-refractivity contribution in [2.24, 2.45) is 0 Å². The number of carbonyl (C=O) groups is 2. The van der Waals surface area contributed by atoms with Gasteiger partial charge in [0, 0.05) is 24.3 Å². The molecule has 0 bridgehead atoms. The van der Waals surface area contributed by atoms with Crippen molar-refractivity contribution in [2.45, 2.75) is 26.1 Å². The molecule has 0 amide bonds. The molecule has 0 heterocycles.